The molecule has 1 atom stereocenters. The van der Waals surface area contributed by atoms with Crippen molar-refractivity contribution in [1.82, 2.24) is 10.2 Å². The van der Waals surface area contributed by atoms with E-state index >= 15 is 0 Å². The predicted molar refractivity (Wildman–Crippen MR) is 56.0 cm³/mol. The normalized spacial score (nSPS) is 30.0. The largest absolute Gasteiger partial charge is 0.356 e. The lowest BCUT2D eigenvalue weighted by Crippen LogP contribution is -2.42. The molecule has 0 aromatic heterocycles. The molecule has 1 unspecified atom stereocenters. The van der Waals surface area contributed by atoms with Gasteiger partial charge in [0.15, 0.2) is 0 Å². The van der Waals surface area contributed by atoms with E-state index in [1.165, 1.54) is 38.9 Å². The van der Waals surface area contributed by atoms with Gasteiger partial charge < -0.3 is 10.2 Å². The Morgan fingerprint density at radius 3 is 2.71 bits per heavy atom. The zero-order valence-corrected chi connectivity index (χ0v) is 8.80. The smallest absolute Gasteiger partial charge is 0.220 e. The van der Waals surface area contributed by atoms with Crippen molar-refractivity contribution >= 4 is 5.91 Å². The van der Waals surface area contributed by atoms with E-state index in [9.17, 15) is 4.79 Å². The molecule has 0 aromatic carbocycles. The molecule has 2 saturated heterocycles. The minimum Gasteiger partial charge on any atom is -0.356 e. The second-order valence-electron chi connectivity index (χ2n) is 4.57. The average Bonchev–Trinajstić information content (AvgIpc) is 2.23. The molecule has 2 heterocycles. The standard InChI is InChI=1S/C11H20N2O/c14-11-5-4-10(8-12-11)9-13-6-2-1-3-7-13/h10H,1-9H2,(H,12,14). The number of carbonyl (C=O) groups is 1. The van der Waals surface area contributed by atoms with Gasteiger partial charge in [-0.3, -0.25) is 4.79 Å². The number of rotatable bonds is 2. The summed E-state index contributed by atoms with van der Waals surface area (Å²) in [7, 11) is 0. The molecule has 3 heteroatoms. The van der Waals surface area contributed by atoms with E-state index in [2.05, 4.69) is 10.2 Å². The maximum atomic E-state index is 11.0. The van der Waals surface area contributed by atoms with Gasteiger partial charge in [-0.05, 0) is 38.3 Å². The van der Waals surface area contributed by atoms with E-state index in [4.69, 9.17) is 0 Å². The Labute approximate surface area is 85.8 Å². The minimum atomic E-state index is 0.236. The molecule has 2 aliphatic heterocycles. The fraction of sp³-hybridized carbons (Fsp3) is 0.909. The number of hydrogen-bond donors (Lipinski definition) is 1. The second-order valence-corrected chi connectivity index (χ2v) is 4.57. The summed E-state index contributed by atoms with van der Waals surface area (Å²) < 4.78 is 0. The van der Waals surface area contributed by atoms with Crippen LogP contribution < -0.4 is 5.32 Å². The molecule has 3 nitrogen and oxygen atoms in total. The number of nitrogens with one attached hydrogen (secondary N) is 1. The number of piperidine rings is 2. The van der Waals surface area contributed by atoms with Gasteiger partial charge in [0.25, 0.3) is 0 Å². The Kier molecular flexibility index (Phi) is 3.40. The molecule has 2 rings (SSSR count). The molecule has 0 aromatic rings. The number of nitrogens with zero attached hydrogens (tertiary/aromatic N) is 1. The fourth-order valence-electron chi connectivity index (χ4n) is 2.45. The van der Waals surface area contributed by atoms with Crippen LogP contribution in [0, 0.1) is 5.92 Å². The van der Waals surface area contributed by atoms with E-state index in [1.807, 2.05) is 0 Å². The summed E-state index contributed by atoms with van der Waals surface area (Å²) in [6.45, 7) is 4.63. The molecule has 0 saturated carbocycles. The van der Waals surface area contributed by atoms with Crippen LogP contribution in [0.4, 0.5) is 0 Å². The quantitative estimate of drug-likeness (QED) is 0.714. The number of carbonyl (C=O) groups excluding carboxylic acids is 1. The van der Waals surface area contributed by atoms with Crippen molar-refractivity contribution in [2.75, 3.05) is 26.2 Å². The van der Waals surface area contributed by atoms with Gasteiger partial charge in [-0.1, -0.05) is 6.42 Å². The molecule has 80 valence electrons. The van der Waals surface area contributed by atoms with Crippen LogP contribution in [0.3, 0.4) is 0 Å². The Hall–Kier alpha value is -0.570. The van der Waals surface area contributed by atoms with Crippen LogP contribution in [0.5, 0.6) is 0 Å². The van der Waals surface area contributed by atoms with Crippen LogP contribution in [0.25, 0.3) is 0 Å². The van der Waals surface area contributed by atoms with Crippen LogP contribution in [-0.2, 0) is 4.79 Å². The zero-order chi connectivity index (χ0) is 9.80. The van der Waals surface area contributed by atoms with Gasteiger partial charge in [0.05, 0.1) is 0 Å². The number of likely N-dealkylation sites (tertiary alicyclic amines) is 1. The molecule has 1 N–H and O–H groups in total. The average molecular weight is 196 g/mol. The molecule has 0 bridgehead atoms. The van der Waals surface area contributed by atoms with Gasteiger partial charge in [-0.15, -0.1) is 0 Å². The van der Waals surface area contributed by atoms with Gasteiger partial charge in [-0.25, -0.2) is 0 Å². The molecule has 0 radical (unpaired) electrons. The van der Waals surface area contributed by atoms with Crippen LogP contribution >= 0.6 is 0 Å². The lowest BCUT2D eigenvalue weighted by atomic mass is 9.97. The first-order chi connectivity index (χ1) is 6.84. The van der Waals surface area contributed by atoms with Crippen LogP contribution in [0.1, 0.15) is 32.1 Å². The molecule has 2 fully saturated rings. The first kappa shape index (κ1) is 9.97. The summed E-state index contributed by atoms with van der Waals surface area (Å²) in [6, 6.07) is 0. The Bertz CT molecular complexity index is 189. The fourth-order valence-corrected chi connectivity index (χ4v) is 2.45. The monoisotopic (exact) mass is 196 g/mol. The minimum absolute atomic E-state index is 0.236. The second kappa shape index (κ2) is 4.78. The van der Waals surface area contributed by atoms with Crippen LogP contribution in [0.15, 0.2) is 0 Å². The third-order valence-corrected chi connectivity index (χ3v) is 3.33. The van der Waals surface area contributed by atoms with E-state index in [0.29, 0.717) is 5.92 Å². The van der Waals surface area contributed by atoms with Crippen molar-refractivity contribution in [3.8, 4) is 0 Å². The maximum absolute atomic E-state index is 11.0. The summed E-state index contributed by atoms with van der Waals surface area (Å²) in [5.74, 6) is 0.936. The summed E-state index contributed by atoms with van der Waals surface area (Å²) >= 11 is 0. The molecule has 1 amide bonds. The van der Waals surface area contributed by atoms with Crippen molar-refractivity contribution in [1.29, 1.82) is 0 Å². The van der Waals surface area contributed by atoms with E-state index < -0.39 is 0 Å². The summed E-state index contributed by atoms with van der Waals surface area (Å²) in [6.07, 6.45) is 5.94. The highest BCUT2D eigenvalue weighted by molar-refractivity contribution is 5.76. The third kappa shape index (κ3) is 2.71. The van der Waals surface area contributed by atoms with Crippen LogP contribution in [-0.4, -0.2) is 37.0 Å². The van der Waals surface area contributed by atoms with Crippen LogP contribution in [0.2, 0.25) is 0 Å². The summed E-state index contributed by atoms with van der Waals surface area (Å²) in [5.41, 5.74) is 0. The van der Waals surface area contributed by atoms with Gasteiger partial charge in [0.1, 0.15) is 0 Å². The molecule has 0 spiro atoms. The zero-order valence-electron chi connectivity index (χ0n) is 8.80. The first-order valence-corrected chi connectivity index (χ1v) is 5.83. The summed E-state index contributed by atoms with van der Waals surface area (Å²) in [5, 5.41) is 2.96. The lowest BCUT2D eigenvalue weighted by Gasteiger charge is -2.32. The molecule has 2 aliphatic rings. The molecule has 0 aliphatic carbocycles. The topological polar surface area (TPSA) is 32.3 Å². The summed E-state index contributed by atoms with van der Waals surface area (Å²) in [4.78, 5) is 13.5. The molecular weight excluding hydrogens is 176 g/mol. The molecular formula is C11H20N2O. The number of amides is 1. The van der Waals surface area contributed by atoms with Crippen molar-refractivity contribution in [2.24, 2.45) is 5.92 Å². The Morgan fingerprint density at radius 1 is 1.29 bits per heavy atom. The molecule has 14 heavy (non-hydrogen) atoms. The highest BCUT2D eigenvalue weighted by atomic mass is 16.1. The first-order valence-electron chi connectivity index (χ1n) is 5.83. The van der Waals surface area contributed by atoms with Gasteiger partial charge in [0, 0.05) is 19.5 Å². The van der Waals surface area contributed by atoms with Crippen molar-refractivity contribution in [3.63, 3.8) is 0 Å². The number of hydrogen-bond acceptors (Lipinski definition) is 2. The van der Waals surface area contributed by atoms with Gasteiger partial charge in [-0.2, -0.15) is 0 Å². The van der Waals surface area contributed by atoms with Gasteiger partial charge in [0.2, 0.25) is 5.91 Å². The Morgan fingerprint density at radius 2 is 2.07 bits per heavy atom. The third-order valence-electron chi connectivity index (χ3n) is 3.33. The maximum Gasteiger partial charge on any atom is 0.220 e. The van der Waals surface area contributed by atoms with E-state index in [-0.39, 0.29) is 5.91 Å². The highest BCUT2D eigenvalue weighted by Gasteiger charge is 2.21. The highest BCUT2D eigenvalue weighted by Crippen LogP contribution is 2.15. The Balaban J connectivity index is 1.71. The van der Waals surface area contributed by atoms with Crippen molar-refractivity contribution < 1.29 is 4.79 Å². The van der Waals surface area contributed by atoms with Crippen molar-refractivity contribution in [2.45, 2.75) is 32.1 Å². The lowest BCUT2D eigenvalue weighted by molar-refractivity contribution is -0.123. The SMILES string of the molecule is O=C1CCC(CN2CCCCC2)CN1. The van der Waals surface area contributed by atoms with E-state index in [0.717, 1.165) is 19.4 Å². The predicted octanol–water partition coefficient (Wildman–Crippen LogP) is 0.998. The van der Waals surface area contributed by atoms with Crippen molar-refractivity contribution in [3.05, 3.63) is 0 Å². The van der Waals surface area contributed by atoms with Gasteiger partial charge >= 0.3 is 0 Å². The van der Waals surface area contributed by atoms with E-state index in [1.54, 1.807) is 0 Å².